The molecular weight excluding hydrogens is 685 g/mol. The van der Waals surface area contributed by atoms with Crippen molar-refractivity contribution in [2.45, 2.75) is 58.8 Å². The van der Waals surface area contributed by atoms with Crippen molar-refractivity contribution in [1.82, 2.24) is 0 Å². The lowest BCUT2D eigenvalue weighted by molar-refractivity contribution is -0.146. The summed E-state index contributed by atoms with van der Waals surface area (Å²) >= 11 is 6.02. The van der Waals surface area contributed by atoms with E-state index in [1.165, 1.54) is 19.2 Å². The summed E-state index contributed by atoms with van der Waals surface area (Å²) in [6.07, 6.45) is 4.19. The number of carbonyl (C=O) groups is 5. The first-order valence-corrected chi connectivity index (χ1v) is 16.8. The lowest BCUT2D eigenvalue weighted by Crippen LogP contribution is -2.32. The average Bonchev–Trinajstić information content (AvgIpc) is 3.35. The molecule has 14 heteroatoms. The molecule has 2 aliphatic rings. The average molecular weight is 724 g/mol. The quantitative estimate of drug-likeness (QED) is 0.114. The molecular formula is C37H39ClFN3O9. The number of halogens is 2. The molecule has 0 unspecified atom stereocenters. The number of anilines is 3. The van der Waals surface area contributed by atoms with E-state index >= 15 is 0 Å². The first kappa shape index (κ1) is 38.4. The van der Waals surface area contributed by atoms with Crippen LogP contribution in [0.5, 0.6) is 11.5 Å². The van der Waals surface area contributed by atoms with Crippen molar-refractivity contribution in [3.8, 4) is 11.5 Å². The van der Waals surface area contributed by atoms with Gasteiger partial charge in [0.1, 0.15) is 17.3 Å². The van der Waals surface area contributed by atoms with Crippen molar-refractivity contribution in [3.63, 3.8) is 0 Å². The van der Waals surface area contributed by atoms with Crippen molar-refractivity contribution in [3.05, 3.63) is 88.2 Å². The van der Waals surface area contributed by atoms with Crippen LogP contribution in [0.15, 0.2) is 71.8 Å². The molecule has 0 fully saturated rings. The van der Waals surface area contributed by atoms with Crippen LogP contribution >= 0.6 is 11.6 Å². The van der Waals surface area contributed by atoms with Gasteiger partial charge in [-0.25, -0.2) is 23.7 Å². The number of ether oxygens (including phenoxy) is 4. The highest BCUT2D eigenvalue weighted by Crippen LogP contribution is 2.39. The van der Waals surface area contributed by atoms with Crippen LogP contribution in [0.25, 0.3) is 0 Å². The van der Waals surface area contributed by atoms with Gasteiger partial charge in [0.25, 0.3) is 11.8 Å². The molecule has 2 N–H and O–H groups in total. The number of hydrogen-bond acceptors (Lipinski definition) is 9. The van der Waals surface area contributed by atoms with Crippen LogP contribution in [0.3, 0.4) is 0 Å². The summed E-state index contributed by atoms with van der Waals surface area (Å²) in [7, 11) is 1.27. The topological polar surface area (TPSA) is 150 Å². The van der Waals surface area contributed by atoms with Crippen molar-refractivity contribution in [1.29, 1.82) is 0 Å². The second-order valence-corrected chi connectivity index (χ2v) is 12.0. The van der Waals surface area contributed by atoms with E-state index in [0.29, 0.717) is 47.7 Å². The Balaban J connectivity index is 0.000000238. The smallest absolute Gasteiger partial charge is 0.417 e. The molecule has 3 aromatic rings. The maximum atomic E-state index is 14.5. The maximum Gasteiger partial charge on any atom is 0.417 e. The van der Waals surface area contributed by atoms with E-state index in [9.17, 15) is 28.4 Å². The summed E-state index contributed by atoms with van der Waals surface area (Å²) in [5.74, 6) is -2.10. The van der Waals surface area contributed by atoms with E-state index in [1.807, 2.05) is 32.0 Å². The first-order chi connectivity index (χ1) is 24.5. The zero-order valence-electron chi connectivity index (χ0n) is 28.5. The first-order valence-electron chi connectivity index (χ1n) is 16.4. The fourth-order valence-electron chi connectivity index (χ4n) is 5.25. The van der Waals surface area contributed by atoms with Gasteiger partial charge in [0.2, 0.25) is 0 Å². The normalized spacial score (nSPS) is 13.5. The van der Waals surface area contributed by atoms with Crippen molar-refractivity contribution in [2.24, 2.45) is 0 Å². The molecule has 0 spiro atoms. The Morgan fingerprint density at radius 2 is 1.53 bits per heavy atom. The van der Waals surface area contributed by atoms with Crippen LogP contribution in [0.1, 0.15) is 57.4 Å². The third-order valence-corrected chi connectivity index (χ3v) is 8.03. The molecule has 1 aliphatic carbocycles. The minimum absolute atomic E-state index is 0.000883. The van der Waals surface area contributed by atoms with E-state index in [1.54, 1.807) is 24.3 Å². The third-order valence-electron chi connectivity index (χ3n) is 7.73. The van der Waals surface area contributed by atoms with Gasteiger partial charge in [-0.2, -0.15) is 0 Å². The number of nitrogens with one attached hydrogen (secondary N) is 2. The Hall–Kier alpha value is -5.43. The molecule has 5 rings (SSSR count). The Labute approximate surface area is 299 Å². The van der Waals surface area contributed by atoms with Gasteiger partial charge in [-0.05, 0) is 74.9 Å². The van der Waals surface area contributed by atoms with E-state index in [4.69, 9.17) is 25.8 Å². The Morgan fingerprint density at radius 1 is 0.882 bits per heavy atom. The number of carbonyl (C=O) groups excluding carboxylic acids is 5. The van der Waals surface area contributed by atoms with Crippen LogP contribution in [0.2, 0.25) is 5.02 Å². The number of aryl methyl sites for hydroxylation is 1. The van der Waals surface area contributed by atoms with Gasteiger partial charge in [-0.3, -0.25) is 20.2 Å². The lowest BCUT2D eigenvalue weighted by atomic mass is 9.93. The van der Waals surface area contributed by atoms with Gasteiger partial charge in [0.05, 0.1) is 24.4 Å². The van der Waals surface area contributed by atoms with Crippen LogP contribution in [-0.4, -0.2) is 50.3 Å². The fraction of sp³-hybridized carbons (Fsp3) is 0.324. The SMILES string of the molecule is CCCCCOC(=O)COc1cc(N2C(=O)C3=C(CCCC3)C2=O)c(F)cc1Cl.COC(=O)Nc1cccc(OC(=O)Nc2cccc(C)c2)c1. The summed E-state index contributed by atoms with van der Waals surface area (Å²) in [5, 5.41) is 5.05. The highest BCUT2D eigenvalue weighted by atomic mass is 35.5. The molecule has 0 bridgehead atoms. The minimum atomic E-state index is -0.814. The van der Waals surface area contributed by atoms with Crippen LogP contribution in [0, 0.1) is 12.7 Å². The van der Waals surface area contributed by atoms with E-state index < -0.39 is 42.4 Å². The number of imide groups is 1. The molecule has 4 amide bonds. The minimum Gasteiger partial charge on any atom is -0.480 e. The number of rotatable bonds is 11. The largest absolute Gasteiger partial charge is 0.480 e. The van der Waals surface area contributed by atoms with Crippen LogP contribution in [-0.2, 0) is 23.9 Å². The maximum absolute atomic E-state index is 14.5. The Morgan fingerprint density at radius 3 is 2.18 bits per heavy atom. The fourth-order valence-corrected chi connectivity index (χ4v) is 5.46. The molecule has 12 nitrogen and oxygen atoms in total. The standard InChI is InChI=1S/C21H23ClFNO5.C16H16N2O4/c1-2-3-6-9-28-19(25)12-29-18-11-17(16(23)10-15(18)22)24-20(26)13-7-4-5-8-14(13)21(24)27;1-11-5-3-6-12(9-11)18-16(20)22-14-8-4-7-13(10-14)17-15(19)21-2/h10-11H,2-9,12H2,1H3;3-10H,1-2H3,(H,17,19)(H,18,20). The number of nitrogens with zero attached hydrogens (tertiary/aromatic N) is 1. The van der Waals surface area contributed by atoms with Gasteiger partial charge in [-0.1, -0.05) is 49.6 Å². The molecule has 0 aromatic heterocycles. The summed E-state index contributed by atoms with van der Waals surface area (Å²) in [4.78, 5) is 60.9. The molecule has 0 radical (unpaired) electrons. The number of esters is 1. The number of unbranched alkanes of at least 4 members (excludes halogenated alkanes) is 2. The summed E-state index contributed by atoms with van der Waals surface area (Å²) in [5.41, 5.74) is 2.82. The summed E-state index contributed by atoms with van der Waals surface area (Å²) in [6, 6.07) is 15.9. The Kier molecular flexibility index (Phi) is 13.9. The monoisotopic (exact) mass is 723 g/mol. The number of amides is 4. The summed E-state index contributed by atoms with van der Waals surface area (Å²) in [6.45, 7) is 3.86. The molecule has 270 valence electrons. The molecule has 3 aromatic carbocycles. The molecule has 0 saturated carbocycles. The van der Waals surface area contributed by atoms with Gasteiger partial charge in [0.15, 0.2) is 6.61 Å². The predicted octanol–water partition coefficient (Wildman–Crippen LogP) is 8.12. The van der Waals surface area contributed by atoms with Gasteiger partial charge >= 0.3 is 18.2 Å². The molecule has 0 atom stereocenters. The van der Waals surface area contributed by atoms with Gasteiger partial charge < -0.3 is 18.9 Å². The zero-order chi connectivity index (χ0) is 36.9. The number of methoxy groups -OCH3 is 1. The highest BCUT2D eigenvalue weighted by Gasteiger charge is 2.41. The number of benzene rings is 3. The second kappa shape index (κ2) is 18.5. The number of hydrogen-bond donors (Lipinski definition) is 2. The molecule has 0 saturated heterocycles. The Bertz CT molecular complexity index is 1790. The highest BCUT2D eigenvalue weighted by molar-refractivity contribution is 6.34. The van der Waals surface area contributed by atoms with Gasteiger partial charge in [0, 0.05) is 34.7 Å². The van der Waals surface area contributed by atoms with Crippen molar-refractivity contribution >= 4 is 58.6 Å². The van der Waals surface area contributed by atoms with E-state index in [0.717, 1.165) is 48.6 Å². The predicted molar refractivity (Wildman–Crippen MR) is 189 cm³/mol. The molecule has 51 heavy (non-hydrogen) atoms. The lowest BCUT2D eigenvalue weighted by Gasteiger charge is -2.18. The second-order valence-electron chi connectivity index (χ2n) is 11.6. The molecule has 1 aliphatic heterocycles. The van der Waals surface area contributed by atoms with Gasteiger partial charge in [-0.15, -0.1) is 0 Å². The van der Waals surface area contributed by atoms with E-state index in [-0.39, 0.29) is 16.5 Å². The van der Waals surface area contributed by atoms with E-state index in [2.05, 4.69) is 15.4 Å². The van der Waals surface area contributed by atoms with Crippen molar-refractivity contribution in [2.75, 3.05) is 35.9 Å². The summed E-state index contributed by atoms with van der Waals surface area (Å²) < 4.78 is 34.6. The van der Waals surface area contributed by atoms with Crippen molar-refractivity contribution < 1.29 is 47.3 Å². The molecule has 1 heterocycles. The zero-order valence-corrected chi connectivity index (χ0v) is 29.3. The van der Waals surface area contributed by atoms with Crippen LogP contribution in [0.4, 0.5) is 31.0 Å². The van der Waals surface area contributed by atoms with Crippen LogP contribution < -0.4 is 25.0 Å². The third kappa shape index (κ3) is 10.8.